The van der Waals surface area contributed by atoms with E-state index in [0.29, 0.717) is 18.3 Å². The Kier molecular flexibility index (Phi) is 5.51. The van der Waals surface area contributed by atoms with Crippen molar-refractivity contribution in [3.8, 4) is 11.3 Å². The summed E-state index contributed by atoms with van der Waals surface area (Å²) in [6.07, 6.45) is 0.181. The van der Waals surface area contributed by atoms with Crippen LogP contribution in [0.15, 0.2) is 17.5 Å². The van der Waals surface area contributed by atoms with Gasteiger partial charge in [-0.05, 0) is 50.5 Å². The van der Waals surface area contributed by atoms with Crippen molar-refractivity contribution in [1.82, 2.24) is 9.88 Å². The van der Waals surface area contributed by atoms with E-state index in [0.717, 1.165) is 24.3 Å². The van der Waals surface area contributed by atoms with Crippen LogP contribution in [0, 0.1) is 20.8 Å². The fraction of sp³-hybridized carbons (Fsp3) is 0.474. The molecule has 25 heavy (non-hydrogen) atoms. The van der Waals surface area contributed by atoms with Crippen molar-refractivity contribution >= 4 is 22.4 Å². The minimum atomic E-state index is -0.0215. The maximum Gasteiger partial charge on any atom is 0.240 e. The quantitative estimate of drug-likeness (QED) is 0.909. The Labute approximate surface area is 153 Å². The summed E-state index contributed by atoms with van der Waals surface area (Å²) in [5.74, 6) is -0.0215. The zero-order valence-corrected chi connectivity index (χ0v) is 16.1. The first kappa shape index (κ1) is 18.0. The average Bonchev–Trinajstić information content (AvgIpc) is 2.99. The van der Waals surface area contributed by atoms with Gasteiger partial charge in [-0.2, -0.15) is 0 Å². The maximum atomic E-state index is 12.3. The Bertz CT molecular complexity index is 772. The fourth-order valence-electron chi connectivity index (χ4n) is 3.09. The standard InChI is InChI=1S/C19H25N3O2S/c1-12-7-14(3)16(8-13(12)2)17-11-25-19(20-17)21-18(23)10-22-5-6-24-15(4)9-22/h7-8,11,15H,5-6,9-10H2,1-4H3,(H,20,21,23). The van der Waals surface area contributed by atoms with Crippen LogP contribution < -0.4 is 5.32 Å². The number of benzene rings is 1. The minimum Gasteiger partial charge on any atom is -0.376 e. The van der Waals surface area contributed by atoms with Gasteiger partial charge in [0.1, 0.15) is 0 Å². The molecule has 1 unspecified atom stereocenters. The van der Waals surface area contributed by atoms with E-state index in [-0.39, 0.29) is 12.0 Å². The molecule has 0 aliphatic carbocycles. The molecule has 2 aromatic rings. The van der Waals surface area contributed by atoms with Gasteiger partial charge in [0.05, 0.1) is 24.9 Å². The lowest BCUT2D eigenvalue weighted by Crippen LogP contribution is -2.44. The minimum absolute atomic E-state index is 0.0215. The summed E-state index contributed by atoms with van der Waals surface area (Å²) in [6.45, 7) is 11.0. The number of rotatable bonds is 4. The lowest BCUT2D eigenvalue weighted by Gasteiger charge is -2.30. The third kappa shape index (κ3) is 4.45. The van der Waals surface area contributed by atoms with Crippen LogP contribution in [-0.4, -0.2) is 48.1 Å². The topological polar surface area (TPSA) is 54.5 Å². The van der Waals surface area contributed by atoms with E-state index in [9.17, 15) is 4.79 Å². The highest BCUT2D eigenvalue weighted by Crippen LogP contribution is 2.29. The predicted octanol–water partition coefficient (Wildman–Crippen LogP) is 3.39. The van der Waals surface area contributed by atoms with Crippen molar-refractivity contribution in [3.63, 3.8) is 0 Å². The zero-order chi connectivity index (χ0) is 18.0. The number of nitrogens with zero attached hydrogens (tertiary/aromatic N) is 2. The lowest BCUT2D eigenvalue weighted by molar-refractivity contribution is -0.119. The second kappa shape index (κ2) is 7.64. The molecule has 0 saturated carbocycles. The van der Waals surface area contributed by atoms with Gasteiger partial charge < -0.3 is 10.1 Å². The second-order valence-corrected chi connectivity index (χ2v) is 7.61. The number of hydrogen-bond donors (Lipinski definition) is 1. The third-order valence-electron chi connectivity index (χ3n) is 4.56. The number of morpholine rings is 1. The molecule has 0 radical (unpaired) electrons. The predicted molar refractivity (Wildman–Crippen MR) is 102 cm³/mol. The number of carbonyl (C=O) groups is 1. The first-order chi connectivity index (χ1) is 11.9. The molecule has 5 nitrogen and oxygen atoms in total. The molecule has 2 heterocycles. The van der Waals surface area contributed by atoms with Crippen molar-refractivity contribution in [3.05, 3.63) is 34.2 Å². The molecule has 1 atom stereocenters. The third-order valence-corrected chi connectivity index (χ3v) is 5.32. The van der Waals surface area contributed by atoms with Crippen molar-refractivity contribution in [2.45, 2.75) is 33.8 Å². The molecule has 0 spiro atoms. The van der Waals surface area contributed by atoms with Crippen molar-refractivity contribution in [2.24, 2.45) is 0 Å². The largest absolute Gasteiger partial charge is 0.376 e. The monoisotopic (exact) mass is 359 g/mol. The van der Waals surface area contributed by atoms with Gasteiger partial charge in [0.15, 0.2) is 5.13 Å². The van der Waals surface area contributed by atoms with E-state index in [1.54, 1.807) is 0 Å². The number of anilines is 1. The molecule has 1 fully saturated rings. The molecule has 1 saturated heterocycles. The van der Waals surface area contributed by atoms with Gasteiger partial charge in [0.2, 0.25) is 5.91 Å². The summed E-state index contributed by atoms with van der Waals surface area (Å²) in [4.78, 5) is 19.0. The SMILES string of the molecule is Cc1cc(C)c(-c2csc(NC(=O)CN3CCOC(C)C3)n2)cc1C. The van der Waals surface area contributed by atoms with E-state index in [1.807, 2.05) is 12.3 Å². The molecule has 0 bridgehead atoms. The number of carbonyl (C=O) groups excluding carboxylic acids is 1. The molecule has 1 amide bonds. The Morgan fingerprint density at radius 3 is 2.84 bits per heavy atom. The molecule has 1 aromatic carbocycles. The van der Waals surface area contributed by atoms with Gasteiger partial charge in [0.25, 0.3) is 0 Å². The van der Waals surface area contributed by atoms with Gasteiger partial charge in [-0.15, -0.1) is 11.3 Å². The van der Waals surface area contributed by atoms with Crippen molar-refractivity contribution in [2.75, 3.05) is 31.6 Å². The second-order valence-electron chi connectivity index (χ2n) is 6.75. The van der Waals surface area contributed by atoms with Gasteiger partial charge in [-0.25, -0.2) is 4.98 Å². The van der Waals surface area contributed by atoms with Gasteiger partial charge >= 0.3 is 0 Å². The van der Waals surface area contributed by atoms with Gasteiger partial charge in [-0.1, -0.05) is 6.07 Å². The summed E-state index contributed by atoms with van der Waals surface area (Å²) in [5.41, 5.74) is 5.78. The Hall–Kier alpha value is -1.76. The van der Waals surface area contributed by atoms with E-state index in [4.69, 9.17) is 4.74 Å². The highest BCUT2D eigenvalue weighted by molar-refractivity contribution is 7.14. The van der Waals surface area contributed by atoms with Gasteiger partial charge in [-0.3, -0.25) is 9.69 Å². The average molecular weight is 359 g/mol. The molecule has 1 aromatic heterocycles. The molecule has 3 rings (SSSR count). The smallest absolute Gasteiger partial charge is 0.240 e. The molecule has 1 aliphatic heterocycles. The molecular formula is C19H25N3O2S. The van der Waals surface area contributed by atoms with Crippen LogP contribution in [0.1, 0.15) is 23.6 Å². The van der Waals surface area contributed by atoms with E-state index >= 15 is 0 Å². The number of nitrogens with one attached hydrogen (secondary N) is 1. The van der Waals surface area contributed by atoms with Crippen LogP contribution in [0.25, 0.3) is 11.3 Å². The van der Waals surface area contributed by atoms with Crippen molar-refractivity contribution < 1.29 is 9.53 Å². The molecular weight excluding hydrogens is 334 g/mol. The van der Waals surface area contributed by atoms with Crippen LogP contribution in [0.5, 0.6) is 0 Å². The fourth-order valence-corrected chi connectivity index (χ4v) is 3.81. The molecule has 6 heteroatoms. The zero-order valence-electron chi connectivity index (χ0n) is 15.3. The summed E-state index contributed by atoms with van der Waals surface area (Å²) < 4.78 is 5.51. The Morgan fingerprint density at radius 2 is 2.08 bits per heavy atom. The molecule has 1 N–H and O–H groups in total. The number of ether oxygens (including phenoxy) is 1. The van der Waals surface area contributed by atoms with Crippen LogP contribution >= 0.6 is 11.3 Å². The first-order valence-electron chi connectivity index (χ1n) is 8.60. The van der Waals surface area contributed by atoms with Crippen molar-refractivity contribution in [1.29, 1.82) is 0 Å². The number of hydrogen-bond acceptors (Lipinski definition) is 5. The summed E-state index contributed by atoms with van der Waals surface area (Å²) >= 11 is 1.47. The first-order valence-corrected chi connectivity index (χ1v) is 9.48. The van der Waals surface area contributed by atoms with Crippen LogP contribution in [0.4, 0.5) is 5.13 Å². The summed E-state index contributed by atoms with van der Waals surface area (Å²) in [7, 11) is 0. The van der Waals surface area contributed by atoms with Crippen LogP contribution in [0.3, 0.4) is 0 Å². The number of thiazole rings is 1. The number of amides is 1. The molecule has 134 valence electrons. The normalized spacial score (nSPS) is 18.3. The van der Waals surface area contributed by atoms with E-state index < -0.39 is 0 Å². The highest BCUT2D eigenvalue weighted by atomic mass is 32.1. The van der Waals surface area contributed by atoms with Gasteiger partial charge in [0, 0.05) is 24.0 Å². The lowest BCUT2D eigenvalue weighted by atomic mass is 9.99. The number of aromatic nitrogens is 1. The Balaban J connectivity index is 1.65. The maximum absolute atomic E-state index is 12.3. The Morgan fingerprint density at radius 1 is 1.32 bits per heavy atom. The van der Waals surface area contributed by atoms with E-state index in [2.05, 4.69) is 48.1 Å². The summed E-state index contributed by atoms with van der Waals surface area (Å²) in [5, 5.41) is 5.58. The number of aryl methyl sites for hydroxylation is 3. The van der Waals surface area contributed by atoms with Crippen LogP contribution in [0.2, 0.25) is 0 Å². The van der Waals surface area contributed by atoms with Crippen LogP contribution in [-0.2, 0) is 9.53 Å². The van der Waals surface area contributed by atoms with E-state index in [1.165, 1.54) is 28.0 Å². The highest BCUT2D eigenvalue weighted by Gasteiger charge is 2.19. The summed E-state index contributed by atoms with van der Waals surface area (Å²) in [6, 6.07) is 4.35. The molecule has 1 aliphatic rings.